The quantitative estimate of drug-likeness (QED) is 0.540. The van der Waals surface area contributed by atoms with Crippen LogP contribution in [0, 0.1) is 13.8 Å². The Morgan fingerprint density at radius 2 is 1.80 bits per heavy atom. The maximum atomic E-state index is 11.9. The highest BCUT2D eigenvalue weighted by Crippen LogP contribution is 2.29. The van der Waals surface area contributed by atoms with Crippen LogP contribution in [-0.4, -0.2) is 0 Å². The molecule has 1 atom stereocenters. The van der Waals surface area contributed by atoms with Gasteiger partial charge in [0.25, 0.3) is 0 Å². The van der Waals surface area contributed by atoms with Crippen molar-refractivity contribution >= 4 is 11.0 Å². The van der Waals surface area contributed by atoms with Crippen molar-refractivity contribution in [3.05, 3.63) is 75.6 Å². The van der Waals surface area contributed by atoms with Gasteiger partial charge in [-0.2, -0.15) is 0 Å². The van der Waals surface area contributed by atoms with Crippen LogP contribution in [0.1, 0.15) is 49.0 Å². The van der Waals surface area contributed by atoms with Gasteiger partial charge in [-0.05, 0) is 49.9 Å². The van der Waals surface area contributed by atoms with Gasteiger partial charge >= 0.3 is 5.63 Å². The Morgan fingerprint density at radius 3 is 2.52 bits per heavy atom. The molecule has 1 unspecified atom stereocenters. The fourth-order valence-corrected chi connectivity index (χ4v) is 3.02. The molecule has 3 heteroatoms. The van der Waals surface area contributed by atoms with E-state index in [-0.39, 0.29) is 11.7 Å². The van der Waals surface area contributed by atoms with Crippen molar-refractivity contribution in [2.24, 2.45) is 0 Å². The van der Waals surface area contributed by atoms with Crippen molar-refractivity contribution in [1.29, 1.82) is 0 Å². The van der Waals surface area contributed by atoms with Gasteiger partial charge < -0.3 is 9.15 Å². The molecule has 0 bridgehead atoms. The standard InChI is InChI=1S/C22H24O3/c1-4-5-11-20(17-9-7-6-8-10-17)24-18-12-13-19-15(2)16(3)22(23)25-21(19)14-18/h6-10,12-14,20H,4-5,11H2,1-3H3. The first kappa shape index (κ1) is 17.3. The lowest BCUT2D eigenvalue weighted by Gasteiger charge is -2.20. The summed E-state index contributed by atoms with van der Waals surface area (Å²) >= 11 is 0. The summed E-state index contributed by atoms with van der Waals surface area (Å²) < 4.78 is 11.7. The molecule has 3 aromatic rings. The number of benzene rings is 2. The summed E-state index contributed by atoms with van der Waals surface area (Å²) in [5, 5.41) is 0.953. The molecule has 0 N–H and O–H groups in total. The minimum absolute atomic E-state index is 0.00290. The molecule has 3 rings (SSSR count). The topological polar surface area (TPSA) is 39.4 Å². The van der Waals surface area contributed by atoms with Crippen molar-refractivity contribution < 1.29 is 9.15 Å². The van der Waals surface area contributed by atoms with E-state index in [2.05, 4.69) is 19.1 Å². The molecule has 0 amide bonds. The maximum absolute atomic E-state index is 11.9. The first-order valence-corrected chi connectivity index (χ1v) is 8.85. The molecule has 0 saturated carbocycles. The third-order valence-electron chi connectivity index (χ3n) is 4.70. The summed E-state index contributed by atoms with van der Waals surface area (Å²) in [5.74, 6) is 0.726. The van der Waals surface area contributed by atoms with Crippen LogP contribution in [-0.2, 0) is 0 Å². The van der Waals surface area contributed by atoms with Crippen LogP contribution in [0.25, 0.3) is 11.0 Å². The fraction of sp³-hybridized carbons (Fsp3) is 0.318. The van der Waals surface area contributed by atoms with Crippen molar-refractivity contribution in [3.8, 4) is 5.75 Å². The Bertz CT molecular complexity index is 910. The van der Waals surface area contributed by atoms with Crippen LogP contribution in [0.5, 0.6) is 5.75 Å². The largest absolute Gasteiger partial charge is 0.486 e. The number of fused-ring (bicyclic) bond motifs is 1. The molecule has 2 aromatic carbocycles. The normalized spacial score (nSPS) is 12.3. The van der Waals surface area contributed by atoms with E-state index in [1.54, 1.807) is 6.92 Å². The maximum Gasteiger partial charge on any atom is 0.339 e. The zero-order chi connectivity index (χ0) is 17.8. The molecule has 0 saturated heterocycles. The first-order valence-electron chi connectivity index (χ1n) is 8.85. The number of unbranched alkanes of at least 4 members (excludes halogenated alkanes) is 1. The smallest absolute Gasteiger partial charge is 0.339 e. The molecule has 3 nitrogen and oxygen atoms in total. The van der Waals surface area contributed by atoms with Crippen LogP contribution < -0.4 is 10.4 Å². The highest BCUT2D eigenvalue weighted by atomic mass is 16.5. The molecule has 1 aromatic heterocycles. The van der Waals surface area contributed by atoms with E-state index in [9.17, 15) is 4.79 Å². The average molecular weight is 336 g/mol. The van der Waals surface area contributed by atoms with Gasteiger partial charge in [0.1, 0.15) is 17.4 Å². The molecular formula is C22H24O3. The third kappa shape index (κ3) is 3.76. The van der Waals surface area contributed by atoms with Gasteiger partial charge in [-0.3, -0.25) is 0 Å². The first-order chi connectivity index (χ1) is 12.1. The molecule has 0 aliphatic heterocycles. The Kier molecular flexibility index (Phi) is 5.22. The lowest BCUT2D eigenvalue weighted by atomic mass is 10.0. The lowest BCUT2D eigenvalue weighted by Crippen LogP contribution is -2.08. The summed E-state index contributed by atoms with van der Waals surface area (Å²) in [7, 11) is 0. The average Bonchev–Trinajstić information content (AvgIpc) is 2.64. The zero-order valence-electron chi connectivity index (χ0n) is 15.0. The molecule has 0 radical (unpaired) electrons. The van der Waals surface area contributed by atoms with Gasteiger partial charge in [-0.25, -0.2) is 4.79 Å². The molecule has 130 valence electrons. The van der Waals surface area contributed by atoms with E-state index in [1.807, 2.05) is 43.3 Å². The van der Waals surface area contributed by atoms with Gasteiger partial charge in [-0.15, -0.1) is 0 Å². The molecule has 25 heavy (non-hydrogen) atoms. The van der Waals surface area contributed by atoms with Gasteiger partial charge in [0, 0.05) is 17.0 Å². The highest BCUT2D eigenvalue weighted by molar-refractivity contribution is 5.82. The van der Waals surface area contributed by atoms with Crippen molar-refractivity contribution in [2.45, 2.75) is 46.1 Å². The van der Waals surface area contributed by atoms with E-state index in [0.717, 1.165) is 41.5 Å². The summed E-state index contributed by atoms with van der Waals surface area (Å²) in [6.07, 6.45) is 3.17. The van der Waals surface area contributed by atoms with Gasteiger partial charge in [0.15, 0.2) is 0 Å². The minimum Gasteiger partial charge on any atom is -0.486 e. The number of ether oxygens (including phenoxy) is 1. The molecule has 1 heterocycles. The number of hydrogen-bond acceptors (Lipinski definition) is 3. The minimum atomic E-state index is -0.284. The Labute approximate surface area is 148 Å². The summed E-state index contributed by atoms with van der Waals surface area (Å²) in [6.45, 7) is 5.92. The second-order valence-electron chi connectivity index (χ2n) is 6.46. The van der Waals surface area contributed by atoms with E-state index >= 15 is 0 Å². The highest BCUT2D eigenvalue weighted by Gasteiger charge is 2.14. The molecule has 0 spiro atoms. The van der Waals surface area contributed by atoms with Crippen molar-refractivity contribution in [1.82, 2.24) is 0 Å². The van der Waals surface area contributed by atoms with Crippen LogP contribution in [0.15, 0.2) is 57.7 Å². The predicted molar refractivity (Wildman–Crippen MR) is 101 cm³/mol. The second-order valence-corrected chi connectivity index (χ2v) is 6.46. The van der Waals surface area contributed by atoms with Crippen LogP contribution in [0.4, 0.5) is 0 Å². The predicted octanol–water partition coefficient (Wildman–Crippen LogP) is 5.72. The Morgan fingerprint density at radius 1 is 1.04 bits per heavy atom. The van der Waals surface area contributed by atoms with E-state index in [0.29, 0.717) is 11.1 Å². The second kappa shape index (κ2) is 7.56. The van der Waals surface area contributed by atoms with Gasteiger partial charge in [0.2, 0.25) is 0 Å². The zero-order valence-corrected chi connectivity index (χ0v) is 15.0. The Hall–Kier alpha value is -2.55. The number of aryl methyl sites for hydroxylation is 1. The SMILES string of the molecule is CCCCC(Oc1ccc2c(C)c(C)c(=O)oc2c1)c1ccccc1. The molecular weight excluding hydrogens is 312 g/mol. The van der Waals surface area contributed by atoms with Crippen molar-refractivity contribution in [3.63, 3.8) is 0 Å². The van der Waals surface area contributed by atoms with Gasteiger partial charge in [0.05, 0.1) is 0 Å². The lowest BCUT2D eigenvalue weighted by molar-refractivity contribution is 0.191. The third-order valence-corrected chi connectivity index (χ3v) is 4.70. The van der Waals surface area contributed by atoms with E-state index in [4.69, 9.17) is 9.15 Å². The fourth-order valence-electron chi connectivity index (χ4n) is 3.02. The van der Waals surface area contributed by atoms with Gasteiger partial charge in [-0.1, -0.05) is 43.7 Å². The van der Waals surface area contributed by atoms with Crippen LogP contribution in [0.2, 0.25) is 0 Å². The molecule has 0 aliphatic rings. The van der Waals surface area contributed by atoms with Crippen LogP contribution >= 0.6 is 0 Å². The monoisotopic (exact) mass is 336 g/mol. The van der Waals surface area contributed by atoms with Crippen LogP contribution in [0.3, 0.4) is 0 Å². The number of rotatable bonds is 6. The molecule has 0 aliphatic carbocycles. The Balaban J connectivity index is 1.94. The van der Waals surface area contributed by atoms with E-state index in [1.165, 1.54) is 0 Å². The molecule has 0 fully saturated rings. The van der Waals surface area contributed by atoms with E-state index < -0.39 is 0 Å². The summed E-state index contributed by atoms with van der Waals surface area (Å²) in [5.41, 5.74) is 3.08. The summed E-state index contributed by atoms with van der Waals surface area (Å²) in [6, 6.07) is 16.0. The summed E-state index contributed by atoms with van der Waals surface area (Å²) in [4.78, 5) is 11.9. The number of hydrogen-bond donors (Lipinski definition) is 0. The van der Waals surface area contributed by atoms with Crippen molar-refractivity contribution in [2.75, 3.05) is 0 Å².